The maximum absolute atomic E-state index is 12.3. The third-order valence-corrected chi connectivity index (χ3v) is 4.38. The first kappa shape index (κ1) is 16.6. The molecule has 0 saturated carbocycles. The van der Waals surface area contributed by atoms with Crippen LogP contribution in [0.15, 0.2) is 0 Å². The number of methoxy groups -OCH3 is 1. The van der Waals surface area contributed by atoms with Crippen molar-refractivity contribution in [2.75, 3.05) is 7.11 Å². The van der Waals surface area contributed by atoms with Gasteiger partial charge in [0.25, 0.3) is 0 Å². The van der Waals surface area contributed by atoms with Gasteiger partial charge in [-0.15, -0.1) is 0 Å². The molecule has 0 aromatic rings. The zero-order valence-electron chi connectivity index (χ0n) is 13.4. The summed E-state index contributed by atoms with van der Waals surface area (Å²) in [6.07, 6.45) is 1.06. The van der Waals surface area contributed by atoms with Gasteiger partial charge in [0.2, 0.25) is 0 Å². The third-order valence-electron chi connectivity index (χ3n) is 4.38. The number of fused-ring (bicyclic) bond motifs is 2. The number of ether oxygens (including phenoxy) is 2. The standard InChI is InChI=1S/C15H23NO6/c1-14(2,3)22-13(20)16-9-5-6-10(16)8-15(7-9,11(17)18)12(19)21-4/h9-10H,5-8H2,1-4H3,(H,17,18). The van der Waals surface area contributed by atoms with E-state index >= 15 is 0 Å². The molecule has 2 unspecified atom stereocenters. The molecule has 2 rings (SSSR count). The molecule has 124 valence electrons. The van der Waals surface area contributed by atoms with E-state index in [9.17, 15) is 19.5 Å². The Morgan fingerprint density at radius 2 is 1.64 bits per heavy atom. The van der Waals surface area contributed by atoms with Crippen LogP contribution in [0, 0.1) is 5.41 Å². The van der Waals surface area contributed by atoms with Crippen LogP contribution in [0.5, 0.6) is 0 Å². The highest BCUT2D eigenvalue weighted by molar-refractivity contribution is 5.99. The molecule has 1 amide bonds. The zero-order valence-corrected chi connectivity index (χ0v) is 13.4. The maximum Gasteiger partial charge on any atom is 0.410 e. The first-order valence-corrected chi connectivity index (χ1v) is 7.44. The molecule has 0 spiro atoms. The van der Waals surface area contributed by atoms with E-state index < -0.39 is 29.0 Å². The summed E-state index contributed by atoms with van der Waals surface area (Å²) in [5, 5.41) is 9.53. The van der Waals surface area contributed by atoms with Gasteiger partial charge in [-0.1, -0.05) is 0 Å². The number of carboxylic acid groups (broad SMARTS) is 1. The molecule has 2 saturated heterocycles. The van der Waals surface area contributed by atoms with Crippen molar-refractivity contribution in [2.45, 2.75) is 64.1 Å². The van der Waals surface area contributed by atoms with Gasteiger partial charge in [-0.25, -0.2) is 4.79 Å². The topological polar surface area (TPSA) is 93.1 Å². The van der Waals surface area contributed by atoms with Gasteiger partial charge in [-0.05, 0) is 46.5 Å². The minimum Gasteiger partial charge on any atom is -0.480 e. The van der Waals surface area contributed by atoms with E-state index in [0.717, 1.165) is 0 Å². The molecule has 2 atom stereocenters. The van der Waals surface area contributed by atoms with E-state index in [1.807, 2.05) is 0 Å². The van der Waals surface area contributed by atoms with Crippen molar-refractivity contribution in [1.29, 1.82) is 0 Å². The van der Waals surface area contributed by atoms with E-state index in [1.54, 1.807) is 25.7 Å². The van der Waals surface area contributed by atoms with Gasteiger partial charge in [0.15, 0.2) is 5.41 Å². The van der Waals surface area contributed by atoms with Crippen LogP contribution in [-0.4, -0.2) is 52.8 Å². The number of nitrogens with zero attached hydrogens (tertiary/aromatic N) is 1. The van der Waals surface area contributed by atoms with Gasteiger partial charge in [-0.3, -0.25) is 9.59 Å². The second kappa shape index (κ2) is 5.44. The molecule has 1 N–H and O–H groups in total. The molecule has 2 heterocycles. The molecule has 2 fully saturated rings. The molecule has 0 aromatic carbocycles. The summed E-state index contributed by atoms with van der Waals surface area (Å²) in [7, 11) is 1.19. The highest BCUT2D eigenvalue weighted by Crippen LogP contribution is 2.47. The van der Waals surface area contributed by atoms with E-state index in [1.165, 1.54) is 7.11 Å². The van der Waals surface area contributed by atoms with Crippen molar-refractivity contribution < 1.29 is 29.0 Å². The Morgan fingerprint density at radius 3 is 2.00 bits per heavy atom. The molecule has 2 bridgehead atoms. The number of carbonyl (C=O) groups is 3. The molecule has 22 heavy (non-hydrogen) atoms. The Bertz CT molecular complexity index is 481. The summed E-state index contributed by atoms with van der Waals surface area (Å²) in [4.78, 5) is 37.6. The Labute approximate surface area is 129 Å². The Kier molecular flexibility index (Phi) is 4.10. The Hall–Kier alpha value is -1.79. The predicted molar refractivity (Wildman–Crippen MR) is 76.2 cm³/mol. The van der Waals surface area contributed by atoms with E-state index in [4.69, 9.17) is 9.47 Å². The lowest BCUT2D eigenvalue weighted by molar-refractivity contribution is -0.172. The highest BCUT2D eigenvalue weighted by atomic mass is 16.6. The van der Waals surface area contributed by atoms with Crippen molar-refractivity contribution in [2.24, 2.45) is 5.41 Å². The summed E-state index contributed by atoms with van der Waals surface area (Å²) < 4.78 is 10.1. The first-order valence-electron chi connectivity index (χ1n) is 7.44. The van der Waals surface area contributed by atoms with E-state index in [0.29, 0.717) is 12.8 Å². The van der Waals surface area contributed by atoms with Crippen LogP contribution >= 0.6 is 0 Å². The van der Waals surface area contributed by atoms with Crippen LogP contribution in [0.4, 0.5) is 4.79 Å². The fourth-order valence-electron chi connectivity index (χ4n) is 3.49. The number of esters is 1. The molecular weight excluding hydrogens is 290 g/mol. The smallest absolute Gasteiger partial charge is 0.410 e. The summed E-state index contributed by atoms with van der Waals surface area (Å²) in [6, 6.07) is -0.604. The molecular formula is C15H23NO6. The van der Waals surface area contributed by atoms with Crippen molar-refractivity contribution in [3.05, 3.63) is 0 Å². The average molecular weight is 313 g/mol. The molecule has 0 radical (unpaired) electrons. The molecule has 2 aliphatic heterocycles. The highest BCUT2D eigenvalue weighted by Gasteiger charge is 2.59. The van der Waals surface area contributed by atoms with Crippen molar-refractivity contribution in [3.63, 3.8) is 0 Å². The van der Waals surface area contributed by atoms with E-state index in [2.05, 4.69) is 0 Å². The summed E-state index contributed by atoms with van der Waals surface area (Å²) >= 11 is 0. The number of aliphatic carboxylic acids is 1. The molecule has 0 aliphatic carbocycles. The number of rotatable bonds is 2. The van der Waals surface area contributed by atoms with Crippen LogP contribution in [0.25, 0.3) is 0 Å². The van der Waals surface area contributed by atoms with E-state index in [-0.39, 0.29) is 24.9 Å². The van der Waals surface area contributed by atoms with Gasteiger partial charge in [0.1, 0.15) is 5.60 Å². The minimum atomic E-state index is -1.56. The quantitative estimate of drug-likeness (QED) is 0.617. The zero-order chi connectivity index (χ0) is 16.7. The largest absolute Gasteiger partial charge is 0.480 e. The first-order chi connectivity index (χ1) is 10.1. The van der Waals surface area contributed by atoms with Crippen molar-refractivity contribution >= 4 is 18.0 Å². The van der Waals surface area contributed by atoms with Crippen LogP contribution < -0.4 is 0 Å². The Morgan fingerprint density at radius 1 is 1.14 bits per heavy atom. The number of hydrogen-bond acceptors (Lipinski definition) is 5. The van der Waals surface area contributed by atoms with Crippen molar-refractivity contribution in [3.8, 4) is 0 Å². The lowest BCUT2D eigenvalue weighted by Gasteiger charge is -2.42. The Balaban J connectivity index is 2.22. The lowest BCUT2D eigenvalue weighted by atomic mass is 9.75. The number of amides is 1. The van der Waals surface area contributed by atoms with Gasteiger partial charge < -0.3 is 19.5 Å². The summed E-state index contributed by atoms with van der Waals surface area (Å²) in [6.45, 7) is 5.35. The molecule has 7 heteroatoms. The number of carbonyl (C=O) groups excluding carboxylic acids is 2. The molecule has 7 nitrogen and oxygen atoms in total. The molecule has 0 aromatic heterocycles. The fourth-order valence-corrected chi connectivity index (χ4v) is 3.49. The monoisotopic (exact) mass is 313 g/mol. The van der Waals surface area contributed by atoms with Crippen LogP contribution in [0.3, 0.4) is 0 Å². The average Bonchev–Trinajstić information content (AvgIpc) is 2.67. The number of carboxylic acids is 1. The van der Waals surface area contributed by atoms with Gasteiger partial charge in [-0.2, -0.15) is 0 Å². The van der Waals surface area contributed by atoms with Gasteiger partial charge >= 0.3 is 18.0 Å². The minimum absolute atomic E-state index is 0.0742. The van der Waals surface area contributed by atoms with Gasteiger partial charge in [0.05, 0.1) is 7.11 Å². The normalized spacial score (nSPS) is 30.8. The third kappa shape index (κ3) is 2.76. The number of hydrogen-bond donors (Lipinski definition) is 1. The summed E-state index contributed by atoms with van der Waals surface area (Å²) in [5.41, 5.74) is -2.17. The second-order valence-electron chi connectivity index (χ2n) is 7.06. The van der Waals surface area contributed by atoms with Crippen molar-refractivity contribution in [1.82, 2.24) is 4.90 Å². The number of piperidine rings is 1. The summed E-state index contributed by atoms with van der Waals surface area (Å²) in [5.74, 6) is -1.92. The van der Waals surface area contributed by atoms with Crippen LogP contribution in [0.2, 0.25) is 0 Å². The SMILES string of the molecule is COC(=O)C1(C(=O)O)CC2CCC(C1)N2C(=O)OC(C)(C)C. The fraction of sp³-hybridized carbons (Fsp3) is 0.800. The predicted octanol–water partition coefficient (Wildman–Crippen LogP) is 1.79. The van der Waals surface area contributed by atoms with Crippen LogP contribution in [-0.2, 0) is 19.1 Å². The van der Waals surface area contributed by atoms with Crippen LogP contribution in [0.1, 0.15) is 46.5 Å². The second-order valence-corrected chi connectivity index (χ2v) is 7.06. The maximum atomic E-state index is 12.3. The molecule has 2 aliphatic rings. The van der Waals surface area contributed by atoms with Gasteiger partial charge in [0, 0.05) is 12.1 Å². The lowest BCUT2D eigenvalue weighted by Crippen LogP contribution is -2.56.